The fraction of sp³-hybridized carbons (Fsp3) is 0.300. The van der Waals surface area contributed by atoms with E-state index >= 15 is 0 Å². The summed E-state index contributed by atoms with van der Waals surface area (Å²) in [5.74, 6) is 1.63. The van der Waals surface area contributed by atoms with Gasteiger partial charge in [-0.05, 0) is 26.0 Å². The standard InChI is InChI=1S/C20H23ClN6O/c1-13-11-24-16(14(2)19(13)28-3)12-27(9-7-15-6-4-5-8-23-15)18-10-17(21)25-20(22)26-18/h4-6,8,10-11H,7,9,12H2,1-3H3,(H2,22,25,26). The van der Waals surface area contributed by atoms with Gasteiger partial charge in [0.1, 0.15) is 16.7 Å². The highest BCUT2D eigenvalue weighted by molar-refractivity contribution is 6.29. The van der Waals surface area contributed by atoms with E-state index < -0.39 is 0 Å². The second-order valence-corrected chi connectivity index (χ2v) is 6.83. The van der Waals surface area contributed by atoms with Crippen LogP contribution in [0.3, 0.4) is 0 Å². The topological polar surface area (TPSA) is 90.0 Å². The predicted octanol–water partition coefficient (Wildman–Crippen LogP) is 3.38. The van der Waals surface area contributed by atoms with Crippen molar-refractivity contribution in [2.24, 2.45) is 0 Å². The Morgan fingerprint density at radius 2 is 2.00 bits per heavy atom. The van der Waals surface area contributed by atoms with Crippen molar-refractivity contribution in [2.75, 3.05) is 24.3 Å². The van der Waals surface area contributed by atoms with E-state index in [1.54, 1.807) is 19.4 Å². The van der Waals surface area contributed by atoms with E-state index in [1.807, 2.05) is 38.2 Å². The Bertz CT molecular complexity index is 931. The zero-order chi connectivity index (χ0) is 20.1. The zero-order valence-electron chi connectivity index (χ0n) is 16.2. The lowest BCUT2D eigenvalue weighted by atomic mass is 10.1. The molecule has 0 radical (unpaired) electrons. The van der Waals surface area contributed by atoms with Crippen molar-refractivity contribution in [2.45, 2.75) is 26.8 Å². The summed E-state index contributed by atoms with van der Waals surface area (Å²) in [7, 11) is 1.67. The molecule has 3 aromatic heterocycles. The van der Waals surface area contributed by atoms with Gasteiger partial charge in [-0.1, -0.05) is 17.7 Å². The summed E-state index contributed by atoms with van der Waals surface area (Å²) >= 11 is 6.11. The normalized spacial score (nSPS) is 10.7. The van der Waals surface area contributed by atoms with Crippen LogP contribution < -0.4 is 15.4 Å². The van der Waals surface area contributed by atoms with Crippen molar-refractivity contribution in [3.63, 3.8) is 0 Å². The van der Waals surface area contributed by atoms with E-state index in [9.17, 15) is 0 Å². The van der Waals surface area contributed by atoms with Gasteiger partial charge >= 0.3 is 0 Å². The molecular weight excluding hydrogens is 376 g/mol. The summed E-state index contributed by atoms with van der Waals surface area (Å²) in [5, 5.41) is 0.302. The third-order valence-corrected chi connectivity index (χ3v) is 4.67. The van der Waals surface area contributed by atoms with Crippen LogP contribution in [-0.4, -0.2) is 33.6 Å². The number of pyridine rings is 2. The maximum absolute atomic E-state index is 6.11. The Hall–Kier alpha value is -2.93. The van der Waals surface area contributed by atoms with E-state index in [2.05, 4.69) is 24.8 Å². The van der Waals surface area contributed by atoms with Crippen LogP contribution in [0.5, 0.6) is 5.75 Å². The predicted molar refractivity (Wildman–Crippen MR) is 111 cm³/mol. The van der Waals surface area contributed by atoms with Crippen LogP contribution in [0.15, 0.2) is 36.7 Å². The summed E-state index contributed by atoms with van der Waals surface area (Å²) in [5.41, 5.74) is 9.70. The fourth-order valence-electron chi connectivity index (χ4n) is 3.07. The van der Waals surface area contributed by atoms with Gasteiger partial charge in [0.25, 0.3) is 0 Å². The molecule has 0 saturated heterocycles. The lowest BCUT2D eigenvalue weighted by molar-refractivity contribution is 0.406. The number of anilines is 2. The van der Waals surface area contributed by atoms with Gasteiger partial charge in [-0.3, -0.25) is 9.97 Å². The molecular formula is C20H23ClN6O. The molecule has 28 heavy (non-hydrogen) atoms. The molecule has 3 rings (SSSR count). The Balaban J connectivity index is 1.92. The second kappa shape index (κ2) is 8.84. The lowest BCUT2D eigenvalue weighted by Crippen LogP contribution is -2.28. The molecule has 3 heterocycles. The molecule has 8 heteroatoms. The number of nitrogens with zero attached hydrogens (tertiary/aromatic N) is 5. The zero-order valence-corrected chi connectivity index (χ0v) is 16.9. The van der Waals surface area contributed by atoms with Gasteiger partial charge in [0, 0.05) is 48.2 Å². The van der Waals surface area contributed by atoms with Crippen molar-refractivity contribution >= 4 is 23.4 Å². The molecule has 0 bridgehead atoms. The molecule has 146 valence electrons. The van der Waals surface area contributed by atoms with Crippen LogP contribution >= 0.6 is 11.6 Å². The van der Waals surface area contributed by atoms with Gasteiger partial charge in [0.2, 0.25) is 5.95 Å². The van der Waals surface area contributed by atoms with Gasteiger partial charge in [-0.25, -0.2) is 4.98 Å². The molecule has 0 atom stereocenters. The van der Waals surface area contributed by atoms with Crippen LogP contribution in [-0.2, 0) is 13.0 Å². The number of methoxy groups -OCH3 is 1. The molecule has 0 aliphatic rings. The minimum atomic E-state index is 0.136. The highest BCUT2D eigenvalue weighted by Crippen LogP contribution is 2.26. The van der Waals surface area contributed by atoms with Gasteiger partial charge in [-0.2, -0.15) is 4.98 Å². The van der Waals surface area contributed by atoms with Crippen LogP contribution in [0, 0.1) is 13.8 Å². The van der Waals surface area contributed by atoms with Crippen LogP contribution in [0.25, 0.3) is 0 Å². The smallest absolute Gasteiger partial charge is 0.223 e. The average molecular weight is 399 g/mol. The van der Waals surface area contributed by atoms with Crippen LogP contribution in [0.1, 0.15) is 22.5 Å². The molecule has 0 saturated carbocycles. The maximum Gasteiger partial charge on any atom is 0.223 e. The first-order valence-electron chi connectivity index (χ1n) is 8.92. The third-order valence-electron chi connectivity index (χ3n) is 4.48. The van der Waals surface area contributed by atoms with E-state index in [0.29, 0.717) is 24.1 Å². The Morgan fingerprint density at radius 3 is 2.68 bits per heavy atom. The monoisotopic (exact) mass is 398 g/mol. The van der Waals surface area contributed by atoms with Crippen LogP contribution in [0.4, 0.5) is 11.8 Å². The second-order valence-electron chi connectivity index (χ2n) is 6.45. The summed E-state index contributed by atoms with van der Waals surface area (Å²) in [4.78, 5) is 19.4. The summed E-state index contributed by atoms with van der Waals surface area (Å²) in [6.45, 7) is 5.18. The first kappa shape index (κ1) is 19.8. The molecule has 0 amide bonds. The fourth-order valence-corrected chi connectivity index (χ4v) is 3.25. The summed E-state index contributed by atoms with van der Waals surface area (Å²) in [6.07, 6.45) is 4.35. The average Bonchev–Trinajstić information content (AvgIpc) is 2.67. The largest absolute Gasteiger partial charge is 0.496 e. The number of nitrogen functional groups attached to an aromatic ring is 1. The quantitative estimate of drug-likeness (QED) is 0.610. The van der Waals surface area contributed by atoms with Crippen molar-refractivity contribution < 1.29 is 4.74 Å². The number of halogens is 1. The van der Waals surface area contributed by atoms with Crippen molar-refractivity contribution in [3.05, 3.63) is 64.3 Å². The first-order valence-corrected chi connectivity index (χ1v) is 9.29. The highest BCUT2D eigenvalue weighted by atomic mass is 35.5. The molecule has 0 aliphatic heterocycles. The van der Waals surface area contributed by atoms with E-state index in [-0.39, 0.29) is 5.95 Å². The van der Waals surface area contributed by atoms with Crippen molar-refractivity contribution in [1.82, 2.24) is 19.9 Å². The van der Waals surface area contributed by atoms with Crippen molar-refractivity contribution in [1.29, 1.82) is 0 Å². The van der Waals surface area contributed by atoms with E-state index in [1.165, 1.54) is 0 Å². The number of hydrogen-bond donors (Lipinski definition) is 1. The highest BCUT2D eigenvalue weighted by Gasteiger charge is 2.16. The Labute approximate surface area is 169 Å². The molecule has 0 unspecified atom stereocenters. The Kier molecular flexibility index (Phi) is 6.26. The molecule has 0 aliphatic carbocycles. The number of aromatic nitrogens is 4. The first-order chi connectivity index (χ1) is 13.5. The third kappa shape index (κ3) is 4.67. The SMILES string of the molecule is COc1c(C)cnc(CN(CCc2ccccn2)c2cc(Cl)nc(N)n2)c1C. The molecule has 2 N–H and O–H groups in total. The molecule has 0 fully saturated rings. The van der Waals surface area contributed by atoms with Gasteiger partial charge < -0.3 is 15.4 Å². The van der Waals surface area contributed by atoms with Gasteiger partial charge in [0.05, 0.1) is 19.3 Å². The van der Waals surface area contributed by atoms with Crippen LogP contribution in [0.2, 0.25) is 5.15 Å². The molecule has 3 aromatic rings. The van der Waals surface area contributed by atoms with Gasteiger partial charge in [-0.15, -0.1) is 0 Å². The number of nitrogens with two attached hydrogens (primary N) is 1. The number of aryl methyl sites for hydroxylation is 1. The molecule has 7 nitrogen and oxygen atoms in total. The Morgan fingerprint density at radius 1 is 1.18 bits per heavy atom. The minimum absolute atomic E-state index is 0.136. The number of hydrogen-bond acceptors (Lipinski definition) is 7. The minimum Gasteiger partial charge on any atom is -0.496 e. The lowest BCUT2D eigenvalue weighted by Gasteiger charge is -2.25. The number of rotatable bonds is 7. The summed E-state index contributed by atoms with van der Waals surface area (Å²) in [6, 6.07) is 7.58. The van der Waals surface area contributed by atoms with Crippen molar-refractivity contribution in [3.8, 4) is 5.75 Å². The molecule has 0 spiro atoms. The summed E-state index contributed by atoms with van der Waals surface area (Å²) < 4.78 is 5.54. The van der Waals surface area contributed by atoms with E-state index in [4.69, 9.17) is 22.1 Å². The number of ether oxygens (including phenoxy) is 1. The molecule has 0 aromatic carbocycles. The van der Waals surface area contributed by atoms with E-state index in [0.717, 1.165) is 34.7 Å². The van der Waals surface area contributed by atoms with Gasteiger partial charge in [0.15, 0.2) is 0 Å². The maximum atomic E-state index is 6.11.